The average Bonchev–Trinajstić information content (AvgIpc) is 2.61. The van der Waals surface area contributed by atoms with E-state index in [0.717, 1.165) is 12.8 Å². The van der Waals surface area contributed by atoms with Gasteiger partial charge in [-0.1, -0.05) is 6.07 Å². The van der Waals surface area contributed by atoms with Gasteiger partial charge in [-0.25, -0.2) is 4.39 Å². The van der Waals surface area contributed by atoms with Gasteiger partial charge in [0.2, 0.25) is 0 Å². The van der Waals surface area contributed by atoms with E-state index in [1.54, 1.807) is 4.90 Å². The first-order chi connectivity index (χ1) is 9.08. The highest BCUT2D eigenvalue weighted by Crippen LogP contribution is 2.38. The van der Waals surface area contributed by atoms with Crippen LogP contribution >= 0.6 is 0 Å². The molecule has 102 valence electrons. The first kappa shape index (κ1) is 12.4. The van der Waals surface area contributed by atoms with Crippen LogP contribution in [0, 0.1) is 5.82 Å². The number of fused-ring (bicyclic) bond motifs is 2. The van der Waals surface area contributed by atoms with E-state index in [1.807, 2.05) is 0 Å². The second-order valence-electron chi connectivity index (χ2n) is 5.36. The molecule has 3 rings (SSSR count). The second kappa shape index (κ2) is 4.49. The van der Waals surface area contributed by atoms with Gasteiger partial charge < -0.3 is 15.1 Å². The van der Waals surface area contributed by atoms with E-state index in [2.05, 4.69) is 0 Å². The fraction of sp³-hybridized carbons (Fsp3) is 0.500. The summed E-state index contributed by atoms with van der Waals surface area (Å²) >= 11 is 0. The van der Waals surface area contributed by atoms with Crippen molar-refractivity contribution in [2.75, 3.05) is 0 Å². The molecule has 0 aliphatic carbocycles. The van der Waals surface area contributed by atoms with Crippen molar-refractivity contribution in [2.24, 2.45) is 0 Å². The van der Waals surface area contributed by atoms with Gasteiger partial charge in [-0.15, -0.1) is 0 Å². The molecule has 0 spiro atoms. The number of halogens is 1. The summed E-state index contributed by atoms with van der Waals surface area (Å²) < 4.78 is 13.8. The first-order valence-corrected chi connectivity index (χ1v) is 6.56. The molecule has 2 aliphatic heterocycles. The maximum Gasteiger partial charge on any atom is 0.261 e. The van der Waals surface area contributed by atoms with Crippen LogP contribution in [0.25, 0.3) is 0 Å². The van der Waals surface area contributed by atoms with Crippen LogP contribution in [0.4, 0.5) is 4.39 Å². The van der Waals surface area contributed by atoms with E-state index >= 15 is 0 Å². The predicted molar refractivity (Wildman–Crippen MR) is 66.3 cm³/mol. The minimum Gasteiger partial charge on any atom is -0.507 e. The number of piperidine rings is 1. The Morgan fingerprint density at radius 2 is 1.89 bits per heavy atom. The summed E-state index contributed by atoms with van der Waals surface area (Å²) in [5.74, 6) is -1.49. The summed E-state index contributed by atoms with van der Waals surface area (Å²) in [5.41, 5.74) is -0.254. The standard InChI is InChI=1S/C14H16FNO3/c15-11-2-1-3-12(18)13(11)14(19)16-8-4-5-9(16)7-10(17)6-8/h1-3,8-10,17-18H,4-7H2. The number of hydrogen-bond donors (Lipinski definition) is 2. The van der Waals surface area contributed by atoms with Gasteiger partial charge in [0.25, 0.3) is 5.91 Å². The fourth-order valence-corrected chi connectivity index (χ4v) is 3.33. The Bertz CT molecular complexity index is 485. The van der Waals surface area contributed by atoms with Crippen molar-refractivity contribution in [1.29, 1.82) is 0 Å². The number of phenols is 1. The highest BCUT2D eigenvalue weighted by Gasteiger charge is 2.43. The molecule has 2 atom stereocenters. The van der Waals surface area contributed by atoms with Gasteiger partial charge in [-0.3, -0.25) is 4.79 Å². The zero-order valence-corrected chi connectivity index (χ0v) is 10.4. The molecular weight excluding hydrogens is 249 g/mol. The summed E-state index contributed by atoms with van der Waals surface area (Å²) in [7, 11) is 0. The molecule has 0 saturated carbocycles. The molecule has 2 aliphatic rings. The number of nitrogens with zero attached hydrogens (tertiary/aromatic N) is 1. The molecule has 19 heavy (non-hydrogen) atoms. The van der Waals surface area contributed by atoms with E-state index < -0.39 is 11.7 Å². The van der Waals surface area contributed by atoms with Crippen LogP contribution < -0.4 is 0 Å². The molecule has 1 aromatic carbocycles. The SMILES string of the molecule is O=C(c1c(O)cccc1F)N1C2CCC1CC(O)C2. The van der Waals surface area contributed by atoms with Gasteiger partial charge in [0.15, 0.2) is 0 Å². The van der Waals surface area contributed by atoms with Crippen LogP contribution in [0.15, 0.2) is 18.2 Å². The number of aliphatic hydroxyl groups excluding tert-OH is 1. The molecule has 0 aromatic heterocycles. The molecule has 2 N–H and O–H groups in total. The van der Waals surface area contributed by atoms with Crippen molar-refractivity contribution in [2.45, 2.75) is 43.9 Å². The Labute approximate surface area is 110 Å². The lowest BCUT2D eigenvalue weighted by Crippen LogP contribution is -2.48. The quantitative estimate of drug-likeness (QED) is 0.811. The largest absolute Gasteiger partial charge is 0.507 e. The third-order valence-corrected chi connectivity index (χ3v) is 4.15. The van der Waals surface area contributed by atoms with E-state index in [9.17, 15) is 19.4 Å². The summed E-state index contributed by atoms with van der Waals surface area (Å²) in [6, 6.07) is 3.78. The van der Waals surface area contributed by atoms with Crippen molar-refractivity contribution in [3.8, 4) is 5.75 Å². The predicted octanol–water partition coefficient (Wildman–Crippen LogP) is 1.66. The second-order valence-corrected chi connectivity index (χ2v) is 5.36. The minimum absolute atomic E-state index is 0.0414. The summed E-state index contributed by atoms with van der Waals surface area (Å²) in [4.78, 5) is 14.1. The normalized spacial score (nSPS) is 29.6. The van der Waals surface area contributed by atoms with E-state index in [4.69, 9.17) is 0 Å². The Hall–Kier alpha value is -1.62. The Balaban J connectivity index is 1.93. The van der Waals surface area contributed by atoms with Gasteiger partial charge in [0.05, 0.1) is 6.10 Å². The fourth-order valence-electron chi connectivity index (χ4n) is 3.33. The van der Waals surface area contributed by atoms with Crippen molar-refractivity contribution in [3.63, 3.8) is 0 Å². The Kier molecular flexibility index (Phi) is 2.93. The van der Waals surface area contributed by atoms with Crippen LogP contribution in [0.2, 0.25) is 0 Å². The number of carbonyl (C=O) groups excluding carboxylic acids is 1. The van der Waals surface area contributed by atoms with Gasteiger partial charge in [-0.2, -0.15) is 0 Å². The first-order valence-electron chi connectivity index (χ1n) is 6.56. The Morgan fingerprint density at radius 3 is 2.47 bits per heavy atom. The molecule has 2 unspecified atom stereocenters. The summed E-state index contributed by atoms with van der Waals surface area (Å²) in [6.45, 7) is 0. The number of benzene rings is 1. The number of carbonyl (C=O) groups is 1. The molecule has 2 fully saturated rings. The molecule has 4 nitrogen and oxygen atoms in total. The van der Waals surface area contributed by atoms with Crippen molar-refractivity contribution < 1.29 is 19.4 Å². The number of phenolic OH excluding ortho intramolecular Hbond substituents is 1. The van der Waals surface area contributed by atoms with Gasteiger partial charge in [0.1, 0.15) is 17.1 Å². The smallest absolute Gasteiger partial charge is 0.261 e. The lowest BCUT2D eigenvalue weighted by Gasteiger charge is -2.37. The highest BCUT2D eigenvalue weighted by molar-refractivity contribution is 5.97. The number of amides is 1. The van der Waals surface area contributed by atoms with Crippen molar-refractivity contribution >= 4 is 5.91 Å². The number of aromatic hydroxyl groups is 1. The Morgan fingerprint density at radius 1 is 1.26 bits per heavy atom. The van der Waals surface area contributed by atoms with Gasteiger partial charge in [0, 0.05) is 12.1 Å². The number of rotatable bonds is 1. The molecule has 2 heterocycles. The zero-order chi connectivity index (χ0) is 13.6. The topological polar surface area (TPSA) is 60.8 Å². The maximum atomic E-state index is 13.8. The molecule has 5 heteroatoms. The maximum absolute atomic E-state index is 13.8. The van der Waals surface area contributed by atoms with Crippen LogP contribution in [0.3, 0.4) is 0 Å². The highest BCUT2D eigenvalue weighted by atomic mass is 19.1. The van der Waals surface area contributed by atoms with E-state index in [1.165, 1.54) is 18.2 Å². The molecule has 0 radical (unpaired) electrons. The molecular formula is C14H16FNO3. The molecule has 1 aromatic rings. The zero-order valence-electron chi connectivity index (χ0n) is 10.4. The molecule has 2 bridgehead atoms. The molecule has 2 saturated heterocycles. The monoisotopic (exact) mass is 265 g/mol. The lowest BCUT2D eigenvalue weighted by molar-refractivity contribution is 0.0282. The van der Waals surface area contributed by atoms with Crippen LogP contribution in [0.1, 0.15) is 36.0 Å². The average molecular weight is 265 g/mol. The van der Waals surface area contributed by atoms with Gasteiger partial charge in [-0.05, 0) is 37.8 Å². The number of hydrogen-bond acceptors (Lipinski definition) is 3. The van der Waals surface area contributed by atoms with E-state index in [0.29, 0.717) is 12.8 Å². The molecule has 1 amide bonds. The minimum atomic E-state index is -0.699. The van der Waals surface area contributed by atoms with Crippen LogP contribution in [0.5, 0.6) is 5.75 Å². The van der Waals surface area contributed by atoms with Crippen molar-refractivity contribution in [3.05, 3.63) is 29.6 Å². The summed E-state index contributed by atoms with van der Waals surface area (Å²) in [5, 5.41) is 19.4. The number of aliphatic hydroxyl groups is 1. The third-order valence-electron chi connectivity index (χ3n) is 4.15. The van der Waals surface area contributed by atoms with E-state index in [-0.39, 0.29) is 29.5 Å². The van der Waals surface area contributed by atoms with Crippen LogP contribution in [-0.2, 0) is 0 Å². The third kappa shape index (κ3) is 1.98. The summed E-state index contributed by atoms with van der Waals surface area (Å²) in [6.07, 6.45) is 2.37. The lowest BCUT2D eigenvalue weighted by atomic mass is 9.98. The van der Waals surface area contributed by atoms with Gasteiger partial charge >= 0.3 is 0 Å². The van der Waals surface area contributed by atoms with Crippen LogP contribution in [-0.4, -0.2) is 39.2 Å². The van der Waals surface area contributed by atoms with Crippen molar-refractivity contribution in [1.82, 2.24) is 4.90 Å².